The second kappa shape index (κ2) is 9.73. The van der Waals surface area contributed by atoms with Crippen LogP contribution in [0.5, 0.6) is 11.5 Å². The minimum Gasteiger partial charge on any atom is -0.493 e. The van der Waals surface area contributed by atoms with Crippen LogP contribution in [0.4, 0.5) is 10.1 Å². The van der Waals surface area contributed by atoms with Crippen LogP contribution in [0.3, 0.4) is 0 Å². The Bertz CT molecular complexity index is 1660. The summed E-state index contributed by atoms with van der Waals surface area (Å²) in [6.07, 6.45) is 1.32. The van der Waals surface area contributed by atoms with Crippen molar-refractivity contribution in [2.24, 2.45) is 5.41 Å². The molecular formula is C33H29ClFNO3. The van der Waals surface area contributed by atoms with E-state index in [0.29, 0.717) is 28.5 Å². The van der Waals surface area contributed by atoms with E-state index in [0.717, 1.165) is 45.2 Å². The van der Waals surface area contributed by atoms with Gasteiger partial charge < -0.3 is 14.8 Å². The van der Waals surface area contributed by atoms with Gasteiger partial charge in [0.1, 0.15) is 12.4 Å². The lowest BCUT2D eigenvalue weighted by atomic mass is 9.68. The fourth-order valence-electron chi connectivity index (χ4n) is 5.86. The standard InChI is InChI=1S/C33H29ClFNO3/c1-33(2)16-24-30-23-7-5-4-6-19(23)9-12-26(30)36-32(31(24)27(37)17-33)20-10-13-28(29(14-20)38-3)39-18-21-8-11-22(35)15-25(21)34/h4-15,32,36H,16-18H2,1-3H3/t32-/m0/s1. The molecule has 0 amide bonds. The van der Waals surface area contributed by atoms with Crippen molar-refractivity contribution in [3.8, 4) is 11.5 Å². The van der Waals surface area contributed by atoms with Crippen LogP contribution < -0.4 is 14.8 Å². The molecule has 4 aromatic rings. The molecule has 0 radical (unpaired) electrons. The number of benzene rings is 4. The predicted octanol–water partition coefficient (Wildman–Crippen LogP) is 8.53. The number of carbonyl (C=O) groups is 1. The number of rotatable bonds is 5. The topological polar surface area (TPSA) is 47.6 Å². The van der Waals surface area contributed by atoms with Gasteiger partial charge >= 0.3 is 0 Å². The SMILES string of the molecule is COc1cc([C@@H]2Nc3ccc4ccccc4c3C3=C2C(=O)CC(C)(C)C3)ccc1OCc1ccc(F)cc1Cl. The highest BCUT2D eigenvalue weighted by atomic mass is 35.5. The Kier molecular flexibility index (Phi) is 6.35. The molecule has 4 nitrogen and oxygen atoms in total. The smallest absolute Gasteiger partial charge is 0.162 e. The zero-order valence-electron chi connectivity index (χ0n) is 22.1. The molecule has 0 saturated heterocycles. The Morgan fingerprint density at radius 1 is 1.00 bits per heavy atom. The summed E-state index contributed by atoms with van der Waals surface area (Å²) in [5.74, 6) is 0.855. The molecule has 0 unspecified atom stereocenters. The van der Waals surface area contributed by atoms with Crippen molar-refractivity contribution >= 4 is 39.4 Å². The fourth-order valence-corrected chi connectivity index (χ4v) is 6.09. The zero-order valence-corrected chi connectivity index (χ0v) is 22.9. The van der Waals surface area contributed by atoms with Gasteiger partial charge in [0.25, 0.3) is 0 Å². The van der Waals surface area contributed by atoms with E-state index < -0.39 is 5.82 Å². The minimum atomic E-state index is -0.394. The summed E-state index contributed by atoms with van der Waals surface area (Å²) < 4.78 is 25.1. The average molecular weight is 542 g/mol. The van der Waals surface area contributed by atoms with E-state index in [2.05, 4.69) is 43.4 Å². The number of carbonyl (C=O) groups excluding carboxylic acids is 1. The van der Waals surface area contributed by atoms with Gasteiger partial charge in [-0.25, -0.2) is 4.39 Å². The van der Waals surface area contributed by atoms with Crippen LogP contribution in [-0.4, -0.2) is 12.9 Å². The van der Waals surface area contributed by atoms with E-state index in [9.17, 15) is 9.18 Å². The van der Waals surface area contributed by atoms with Gasteiger partial charge in [-0.2, -0.15) is 0 Å². The van der Waals surface area contributed by atoms with Gasteiger partial charge in [-0.3, -0.25) is 4.79 Å². The zero-order chi connectivity index (χ0) is 27.3. The van der Waals surface area contributed by atoms with Crippen molar-refractivity contribution in [2.45, 2.75) is 39.3 Å². The van der Waals surface area contributed by atoms with Crippen LogP contribution in [0, 0.1) is 11.2 Å². The first kappa shape index (κ1) is 25.4. The van der Waals surface area contributed by atoms with Gasteiger partial charge in [0.2, 0.25) is 0 Å². The molecular weight excluding hydrogens is 513 g/mol. The van der Waals surface area contributed by atoms with Gasteiger partial charge in [-0.05, 0) is 64.1 Å². The van der Waals surface area contributed by atoms with Gasteiger partial charge in [0, 0.05) is 28.8 Å². The predicted molar refractivity (Wildman–Crippen MR) is 154 cm³/mol. The first-order valence-electron chi connectivity index (χ1n) is 13.0. The van der Waals surface area contributed by atoms with Gasteiger partial charge in [-0.15, -0.1) is 0 Å². The number of nitrogens with one attached hydrogen (secondary N) is 1. The molecule has 1 N–H and O–H groups in total. The highest BCUT2D eigenvalue weighted by Gasteiger charge is 2.41. The molecule has 1 aliphatic carbocycles. The number of fused-ring (bicyclic) bond motifs is 4. The average Bonchev–Trinajstić information content (AvgIpc) is 2.91. The maximum atomic E-state index is 13.7. The summed E-state index contributed by atoms with van der Waals surface area (Å²) in [6, 6.07) is 22.2. The molecule has 1 atom stereocenters. The van der Waals surface area contributed by atoms with Crippen LogP contribution in [0.1, 0.15) is 49.4 Å². The van der Waals surface area contributed by atoms with Crippen LogP contribution in [0.25, 0.3) is 16.3 Å². The number of ether oxygens (including phenoxy) is 2. The van der Waals surface area contributed by atoms with Crippen LogP contribution in [-0.2, 0) is 11.4 Å². The fraction of sp³-hybridized carbons (Fsp3) is 0.242. The monoisotopic (exact) mass is 541 g/mol. The minimum absolute atomic E-state index is 0.122. The summed E-state index contributed by atoms with van der Waals surface area (Å²) in [5, 5.41) is 6.29. The third kappa shape index (κ3) is 4.65. The number of hydrogen-bond acceptors (Lipinski definition) is 4. The number of halogens is 2. The van der Waals surface area contributed by atoms with E-state index >= 15 is 0 Å². The van der Waals surface area contributed by atoms with Crippen LogP contribution in [0.2, 0.25) is 5.02 Å². The Morgan fingerprint density at radius 3 is 2.62 bits per heavy atom. The highest BCUT2D eigenvalue weighted by Crippen LogP contribution is 2.52. The van der Waals surface area contributed by atoms with Crippen molar-refractivity contribution in [1.29, 1.82) is 0 Å². The molecule has 4 aromatic carbocycles. The van der Waals surface area contributed by atoms with Crippen molar-refractivity contribution in [3.63, 3.8) is 0 Å². The summed E-state index contributed by atoms with van der Waals surface area (Å²) in [7, 11) is 1.59. The maximum Gasteiger partial charge on any atom is 0.162 e. The van der Waals surface area contributed by atoms with E-state index in [1.54, 1.807) is 13.2 Å². The molecule has 0 fully saturated rings. The van der Waals surface area contributed by atoms with Gasteiger partial charge in [0.05, 0.1) is 18.2 Å². The lowest BCUT2D eigenvalue weighted by Crippen LogP contribution is -2.33. The van der Waals surface area contributed by atoms with Crippen molar-refractivity contribution in [3.05, 3.63) is 106 Å². The normalized spacial score (nSPS) is 17.9. The molecule has 0 spiro atoms. The lowest BCUT2D eigenvalue weighted by molar-refractivity contribution is -0.118. The molecule has 6 rings (SSSR count). The van der Waals surface area contributed by atoms with E-state index in [-0.39, 0.29) is 23.8 Å². The summed E-state index contributed by atoms with van der Waals surface area (Å²) in [6.45, 7) is 4.50. The van der Waals surface area contributed by atoms with Gasteiger partial charge in [0.15, 0.2) is 17.3 Å². The lowest BCUT2D eigenvalue weighted by Gasteiger charge is -2.40. The molecule has 0 aromatic heterocycles. The molecule has 2 aliphatic rings. The van der Waals surface area contributed by atoms with Crippen LogP contribution in [0.15, 0.2) is 78.4 Å². The third-order valence-electron chi connectivity index (χ3n) is 7.66. The maximum absolute atomic E-state index is 13.7. The number of methoxy groups -OCH3 is 1. The number of ketones is 1. The molecule has 39 heavy (non-hydrogen) atoms. The van der Waals surface area contributed by atoms with E-state index in [1.807, 2.05) is 30.3 Å². The molecule has 198 valence electrons. The quantitative estimate of drug-likeness (QED) is 0.275. The summed E-state index contributed by atoms with van der Waals surface area (Å²) >= 11 is 6.18. The summed E-state index contributed by atoms with van der Waals surface area (Å²) in [4.78, 5) is 13.7. The third-order valence-corrected chi connectivity index (χ3v) is 8.01. The molecule has 1 heterocycles. The number of Topliss-reactive ketones (excluding diaryl/α,β-unsaturated/α-hetero) is 1. The van der Waals surface area contributed by atoms with Crippen molar-refractivity contribution < 1.29 is 18.7 Å². The van der Waals surface area contributed by atoms with E-state index in [1.165, 1.54) is 12.1 Å². The molecule has 6 heteroatoms. The largest absolute Gasteiger partial charge is 0.493 e. The molecule has 0 saturated carbocycles. The molecule has 1 aliphatic heterocycles. The second-order valence-electron chi connectivity index (χ2n) is 11.1. The van der Waals surface area contributed by atoms with Crippen molar-refractivity contribution in [2.75, 3.05) is 12.4 Å². The van der Waals surface area contributed by atoms with Crippen molar-refractivity contribution in [1.82, 2.24) is 0 Å². The number of anilines is 1. The number of allylic oxidation sites excluding steroid dienone is 1. The summed E-state index contributed by atoms with van der Waals surface area (Å²) in [5.41, 5.74) is 5.56. The highest BCUT2D eigenvalue weighted by molar-refractivity contribution is 6.31. The Balaban J connectivity index is 1.40. The second-order valence-corrected chi connectivity index (χ2v) is 11.5. The first-order chi connectivity index (χ1) is 18.7. The Hall–Kier alpha value is -3.83. The first-order valence-corrected chi connectivity index (χ1v) is 13.4. The molecule has 0 bridgehead atoms. The Morgan fingerprint density at radius 2 is 1.82 bits per heavy atom. The van der Waals surface area contributed by atoms with Gasteiger partial charge in [-0.1, -0.05) is 67.9 Å². The van der Waals surface area contributed by atoms with E-state index in [4.69, 9.17) is 21.1 Å². The number of hydrogen-bond donors (Lipinski definition) is 1. The Labute approximate surface area is 232 Å². The van der Waals surface area contributed by atoms with Crippen LogP contribution >= 0.6 is 11.6 Å².